The van der Waals surface area contributed by atoms with Crippen LogP contribution in [0.15, 0.2) is 39.1 Å². The Bertz CT molecular complexity index is 999. The zero-order valence-electron chi connectivity index (χ0n) is 15.0. The molecule has 3 aromatic rings. The lowest BCUT2D eigenvalue weighted by atomic mass is 10.1. The molecule has 2 heterocycles. The lowest BCUT2D eigenvalue weighted by Crippen LogP contribution is -2.24. The molecule has 1 aromatic carbocycles. The van der Waals surface area contributed by atoms with Crippen LogP contribution in [0, 0.1) is 20.8 Å². The van der Waals surface area contributed by atoms with E-state index in [1.807, 2.05) is 0 Å². The number of phenols is 1. The van der Waals surface area contributed by atoms with Gasteiger partial charge >= 0.3 is 0 Å². The smallest absolute Gasteiger partial charge is 0.212 e. The molecule has 3 rings (SSSR count). The van der Waals surface area contributed by atoms with Crippen molar-refractivity contribution >= 4 is 23.9 Å². The molecule has 0 aliphatic heterocycles. The summed E-state index contributed by atoms with van der Waals surface area (Å²) in [5, 5.41) is 33.6. The van der Waals surface area contributed by atoms with E-state index in [2.05, 4.69) is 15.3 Å². The molecule has 8 nitrogen and oxygen atoms in total. The Morgan fingerprint density at radius 1 is 1.33 bits per heavy atom. The molecule has 140 valence electrons. The number of carbonyl (C=O) groups excluding carboxylic acids is 1. The monoisotopic (exact) mass is 385 g/mol. The predicted molar refractivity (Wildman–Crippen MR) is 98.8 cm³/mol. The van der Waals surface area contributed by atoms with Crippen LogP contribution in [-0.2, 0) is 4.79 Å². The van der Waals surface area contributed by atoms with Crippen LogP contribution in [0.1, 0.15) is 22.5 Å². The number of phenolic OH excluding ortho intramolecular Hbond substituents is 1. The Morgan fingerprint density at radius 3 is 2.63 bits per heavy atom. The molecule has 2 aromatic heterocycles. The first-order valence-electron chi connectivity index (χ1n) is 8.04. The number of nitrogens with zero attached hydrogens (tertiary/aromatic N) is 4. The van der Waals surface area contributed by atoms with E-state index in [0.717, 1.165) is 28.5 Å². The van der Waals surface area contributed by atoms with Crippen molar-refractivity contribution in [3.8, 4) is 17.1 Å². The molecule has 0 unspecified atom stereocenters. The highest BCUT2D eigenvalue weighted by Gasteiger charge is 2.17. The summed E-state index contributed by atoms with van der Waals surface area (Å²) in [5.74, 6) is -0.145. The van der Waals surface area contributed by atoms with E-state index in [9.17, 15) is 15.0 Å². The molecule has 0 amide bonds. The van der Waals surface area contributed by atoms with Gasteiger partial charge < -0.3 is 19.4 Å². The summed E-state index contributed by atoms with van der Waals surface area (Å²) >= 11 is 0.966. The fourth-order valence-corrected chi connectivity index (χ4v) is 3.16. The molecule has 0 radical (unpaired) electrons. The third-order valence-corrected chi connectivity index (χ3v) is 4.76. The van der Waals surface area contributed by atoms with Gasteiger partial charge in [-0.25, -0.2) is 0 Å². The second kappa shape index (κ2) is 7.67. The van der Waals surface area contributed by atoms with Crippen LogP contribution in [0.3, 0.4) is 0 Å². The summed E-state index contributed by atoms with van der Waals surface area (Å²) in [5.41, 5.74) is 2.95. The van der Waals surface area contributed by atoms with Crippen molar-refractivity contribution in [2.75, 3.05) is 5.75 Å². The van der Waals surface area contributed by atoms with Gasteiger partial charge in [-0.1, -0.05) is 11.8 Å². The Morgan fingerprint density at radius 2 is 2.04 bits per heavy atom. The number of aromatic nitrogens is 3. The quantitative estimate of drug-likeness (QED) is 0.509. The molecule has 0 atom stereocenters. The minimum atomic E-state index is -1.20. The molecule has 27 heavy (non-hydrogen) atoms. The molecule has 0 bridgehead atoms. The molecule has 0 saturated carbocycles. The van der Waals surface area contributed by atoms with Gasteiger partial charge in [0.1, 0.15) is 11.5 Å². The van der Waals surface area contributed by atoms with Crippen molar-refractivity contribution in [1.82, 2.24) is 14.9 Å². The van der Waals surface area contributed by atoms with Gasteiger partial charge in [0.05, 0.1) is 24.0 Å². The number of thioether (sulfide) groups is 1. The Hall–Kier alpha value is -3.07. The average molecular weight is 385 g/mol. The van der Waals surface area contributed by atoms with E-state index in [0.29, 0.717) is 22.3 Å². The number of hydrogen-bond acceptors (Lipinski definition) is 8. The molecular formula is C18H17N4O4S-. The molecule has 9 heteroatoms. The Balaban J connectivity index is 2.02. The summed E-state index contributed by atoms with van der Waals surface area (Å²) in [6.07, 6.45) is 3.14. The lowest BCUT2D eigenvalue weighted by molar-refractivity contribution is -0.301. The first kappa shape index (κ1) is 18.7. The van der Waals surface area contributed by atoms with E-state index in [4.69, 9.17) is 4.42 Å². The van der Waals surface area contributed by atoms with Crippen LogP contribution >= 0.6 is 11.8 Å². The Kier molecular flexibility index (Phi) is 5.31. The second-order valence-electron chi connectivity index (χ2n) is 5.92. The maximum atomic E-state index is 10.8. The number of rotatable bonds is 6. The third kappa shape index (κ3) is 4.03. The summed E-state index contributed by atoms with van der Waals surface area (Å²) in [6.45, 7) is 5.40. The van der Waals surface area contributed by atoms with Crippen LogP contribution in [0.2, 0.25) is 0 Å². The van der Waals surface area contributed by atoms with E-state index in [1.165, 1.54) is 10.9 Å². The zero-order chi connectivity index (χ0) is 19.6. The average Bonchev–Trinajstić information content (AvgIpc) is 3.21. The highest BCUT2D eigenvalue weighted by atomic mass is 32.2. The summed E-state index contributed by atoms with van der Waals surface area (Å²) < 4.78 is 6.78. The minimum Gasteiger partial charge on any atom is -0.549 e. The molecule has 0 saturated heterocycles. The third-order valence-electron chi connectivity index (χ3n) is 3.87. The normalized spacial score (nSPS) is 11.4. The maximum absolute atomic E-state index is 10.8. The highest BCUT2D eigenvalue weighted by molar-refractivity contribution is 7.99. The number of hydrogen-bond donors (Lipinski definition) is 1. The highest BCUT2D eigenvalue weighted by Crippen LogP contribution is 2.27. The van der Waals surface area contributed by atoms with Crippen LogP contribution in [0.25, 0.3) is 11.4 Å². The number of aromatic hydroxyl groups is 1. The van der Waals surface area contributed by atoms with Crippen molar-refractivity contribution in [1.29, 1.82) is 0 Å². The van der Waals surface area contributed by atoms with E-state index in [1.54, 1.807) is 45.2 Å². The molecule has 0 aliphatic rings. The molecule has 0 fully saturated rings. The number of benzene rings is 1. The van der Waals surface area contributed by atoms with Gasteiger partial charge in [0.15, 0.2) is 5.82 Å². The number of furan rings is 1. The van der Waals surface area contributed by atoms with Gasteiger partial charge in [-0.3, -0.25) is 0 Å². The zero-order valence-corrected chi connectivity index (χ0v) is 15.8. The molecule has 0 aliphatic carbocycles. The fraction of sp³-hybridized carbons (Fsp3) is 0.222. The fourth-order valence-electron chi connectivity index (χ4n) is 2.56. The largest absolute Gasteiger partial charge is 0.549 e. The van der Waals surface area contributed by atoms with Crippen molar-refractivity contribution < 1.29 is 19.4 Å². The van der Waals surface area contributed by atoms with Gasteiger partial charge in [0.2, 0.25) is 5.16 Å². The predicted octanol–water partition coefficient (Wildman–Crippen LogP) is 1.89. The molecule has 1 N–H and O–H groups in total. The van der Waals surface area contributed by atoms with Crippen molar-refractivity contribution in [3.05, 3.63) is 46.9 Å². The molecule has 0 spiro atoms. The number of carboxylic acid groups (broad SMARTS) is 1. The number of carboxylic acids is 1. The molecular weight excluding hydrogens is 368 g/mol. The van der Waals surface area contributed by atoms with Crippen LogP contribution in [0.4, 0.5) is 0 Å². The number of aryl methyl sites for hydroxylation is 3. The van der Waals surface area contributed by atoms with Crippen molar-refractivity contribution in [2.45, 2.75) is 25.9 Å². The standard InChI is InChI=1S/C18H18N4O4S/c1-10-6-13(7-11(2)16(10)25)8-19-22-17(14-4-5-26-12(14)3)20-21-18(22)27-9-15(23)24/h4-8,25H,9H2,1-3H3,(H,23,24)/p-1/b19-8+. The Labute approximate surface area is 159 Å². The van der Waals surface area contributed by atoms with Gasteiger partial charge in [-0.05, 0) is 55.7 Å². The van der Waals surface area contributed by atoms with Gasteiger partial charge in [-0.2, -0.15) is 9.78 Å². The SMILES string of the molecule is Cc1cc(/C=N/n2c(SCC(=O)[O-])nnc2-c2ccoc2C)cc(C)c1O. The van der Waals surface area contributed by atoms with Crippen LogP contribution in [-0.4, -0.2) is 37.9 Å². The summed E-state index contributed by atoms with van der Waals surface area (Å²) in [7, 11) is 0. The summed E-state index contributed by atoms with van der Waals surface area (Å²) in [4.78, 5) is 10.8. The first-order chi connectivity index (χ1) is 12.9. The van der Waals surface area contributed by atoms with Crippen molar-refractivity contribution in [3.63, 3.8) is 0 Å². The van der Waals surface area contributed by atoms with Crippen LogP contribution < -0.4 is 5.11 Å². The topological polar surface area (TPSA) is 117 Å². The van der Waals surface area contributed by atoms with Gasteiger partial charge in [0.25, 0.3) is 0 Å². The van der Waals surface area contributed by atoms with E-state index in [-0.39, 0.29) is 11.5 Å². The van der Waals surface area contributed by atoms with Gasteiger partial charge in [-0.15, -0.1) is 10.2 Å². The first-order valence-corrected chi connectivity index (χ1v) is 9.02. The second-order valence-corrected chi connectivity index (χ2v) is 6.86. The number of aliphatic carboxylic acids is 1. The summed E-state index contributed by atoms with van der Waals surface area (Å²) in [6, 6.07) is 5.34. The van der Waals surface area contributed by atoms with Crippen LogP contribution in [0.5, 0.6) is 5.75 Å². The number of carbonyl (C=O) groups is 1. The van der Waals surface area contributed by atoms with Gasteiger partial charge in [0, 0.05) is 5.75 Å². The van der Waals surface area contributed by atoms with E-state index >= 15 is 0 Å². The minimum absolute atomic E-state index is 0.247. The maximum Gasteiger partial charge on any atom is 0.212 e. The van der Waals surface area contributed by atoms with Crippen molar-refractivity contribution in [2.24, 2.45) is 5.10 Å². The lowest BCUT2D eigenvalue weighted by Gasteiger charge is -2.06. The van der Waals surface area contributed by atoms with E-state index < -0.39 is 5.97 Å².